The average Bonchev–Trinajstić information content (AvgIpc) is 2.64. The van der Waals surface area contributed by atoms with Crippen molar-refractivity contribution in [2.75, 3.05) is 13.2 Å². The van der Waals surface area contributed by atoms with Gasteiger partial charge in [0, 0.05) is 18.6 Å². The zero-order valence-electron chi connectivity index (χ0n) is 9.58. The highest BCUT2D eigenvalue weighted by molar-refractivity contribution is 5.19. The molecular weight excluding hydrogens is 205 g/mol. The first kappa shape index (κ1) is 11.6. The second kappa shape index (κ2) is 4.52. The fraction of sp³-hybridized carbons (Fsp3) is 0.538. The van der Waals surface area contributed by atoms with Crippen LogP contribution in [0.15, 0.2) is 24.3 Å². The smallest absolute Gasteiger partial charge is 0.123 e. The summed E-state index contributed by atoms with van der Waals surface area (Å²) >= 11 is 0. The van der Waals surface area contributed by atoms with Gasteiger partial charge < -0.3 is 10.5 Å². The summed E-state index contributed by atoms with van der Waals surface area (Å²) in [6, 6.07) is 6.66. The number of halogens is 1. The van der Waals surface area contributed by atoms with Gasteiger partial charge in [-0.15, -0.1) is 0 Å². The molecule has 2 atom stereocenters. The lowest BCUT2D eigenvalue weighted by atomic mass is 9.76. The normalized spacial score (nSPS) is 29.6. The van der Waals surface area contributed by atoms with Crippen molar-refractivity contribution >= 4 is 0 Å². The van der Waals surface area contributed by atoms with Crippen molar-refractivity contribution < 1.29 is 9.13 Å². The van der Waals surface area contributed by atoms with Crippen molar-refractivity contribution in [1.82, 2.24) is 0 Å². The summed E-state index contributed by atoms with van der Waals surface area (Å²) in [4.78, 5) is 0. The van der Waals surface area contributed by atoms with E-state index in [2.05, 4.69) is 6.92 Å². The summed E-state index contributed by atoms with van der Waals surface area (Å²) < 4.78 is 18.4. The standard InChI is InChI=1S/C13H18FNO/c1-10-13(9-15,6-7-16-10)8-11-2-4-12(14)5-3-11/h2-5,10H,6-9,15H2,1H3. The van der Waals surface area contributed by atoms with Crippen molar-refractivity contribution in [3.05, 3.63) is 35.6 Å². The Morgan fingerprint density at radius 1 is 1.44 bits per heavy atom. The third-order valence-corrected chi connectivity index (χ3v) is 3.71. The molecule has 16 heavy (non-hydrogen) atoms. The van der Waals surface area contributed by atoms with Crippen LogP contribution in [-0.4, -0.2) is 19.3 Å². The predicted molar refractivity (Wildman–Crippen MR) is 61.6 cm³/mol. The molecule has 0 aromatic heterocycles. The van der Waals surface area contributed by atoms with Gasteiger partial charge >= 0.3 is 0 Å². The number of hydrogen-bond donors (Lipinski definition) is 1. The average molecular weight is 223 g/mol. The highest BCUT2D eigenvalue weighted by Crippen LogP contribution is 2.37. The number of hydrogen-bond acceptors (Lipinski definition) is 2. The number of nitrogens with two attached hydrogens (primary N) is 1. The maximum absolute atomic E-state index is 12.8. The van der Waals surface area contributed by atoms with Crippen LogP contribution in [0.3, 0.4) is 0 Å². The van der Waals surface area contributed by atoms with Gasteiger partial charge in [0.2, 0.25) is 0 Å². The van der Waals surface area contributed by atoms with Crippen LogP contribution in [0, 0.1) is 11.2 Å². The van der Waals surface area contributed by atoms with Gasteiger partial charge in [-0.25, -0.2) is 4.39 Å². The van der Waals surface area contributed by atoms with Gasteiger partial charge in [0.15, 0.2) is 0 Å². The maximum atomic E-state index is 12.8. The van der Waals surface area contributed by atoms with Crippen molar-refractivity contribution in [1.29, 1.82) is 0 Å². The molecule has 0 radical (unpaired) electrons. The number of ether oxygens (including phenoxy) is 1. The minimum absolute atomic E-state index is 0.0256. The lowest BCUT2D eigenvalue weighted by Gasteiger charge is -2.30. The van der Waals surface area contributed by atoms with Crippen LogP contribution in [0.1, 0.15) is 18.9 Å². The molecule has 2 unspecified atom stereocenters. The molecule has 2 nitrogen and oxygen atoms in total. The Morgan fingerprint density at radius 2 is 2.12 bits per heavy atom. The summed E-state index contributed by atoms with van der Waals surface area (Å²) in [7, 11) is 0. The van der Waals surface area contributed by atoms with Crippen molar-refractivity contribution in [2.24, 2.45) is 11.1 Å². The topological polar surface area (TPSA) is 35.2 Å². The predicted octanol–water partition coefficient (Wildman–Crippen LogP) is 2.12. The molecule has 1 aromatic rings. The zero-order chi connectivity index (χ0) is 11.6. The van der Waals surface area contributed by atoms with E-state index in [0.717, 1.165) is 25.0 Å². The number of benzene rings is 1. The van der Waals surface area contributed by atoms with Gasteiger partial charge in [0.1, 0.15) is 5.82 Å². The Balaban J connectivity index is 2.15. The van der Waals surface area contributed by atoms with E-state index in [-0.39, 0.29) is 17.3 Å². The minimum atomic E-state index is -0.193. The molecule has 2 rings (SSSR count). The lowest BCUT2D eigenvalue weighted by Crippen LogP contribution is -2.38. The summed E-state index contributed by atoms with van der Waals surface area (Å²) in [5, 5.41) is 0. The van der Waals surface area contributed by atoms with Crippen LogP contribution in [0.4, 0.5) is 4.39 Å². The zero-order valence-corrected chi connectivity index (χ0v) is 9.58. The van der Waals surface area contributed by atoms with Crippen LogP contribution in [0.5, 0.6) is 0 Å². The Morgan fingerprint density at radius 3 is 2.62 bits per heavy atom. The Hall–Kier alpha value is -0.930. The Bertz CT molecular complexity index is 351. The summed E-state index contributed by atoms with van der Waals surface area (Å²) in [6.07, 6.45) is 2.04. The van der Waals surface area contributed by atoms with Gasteiger partial charge in [-0.05, 0) is 37.5 Å². The van der Waals surface area contributed by atoms with E-state index < -0.39 is 0 Å². The molecule has 0 saturated carbocycles. The molecule has 0 bridgehead atoms. The summed E-state index contributed by atoms with van der Waals surface area (Å²) in [5.74, 6) is -0.193. The van der Waals surface area contributed by atoms with Crippen LogP contribution >= 0.6 is 0 Å². The van der Waals surface area contributed by atoms with E-state index in [1.54, 1.807) is 0 Å². The summed E-state index contributed by atoms with van der Waals surface area (Å²) in [5.41, 5.74) is 7.04. The first-order valence-electron chi connectivity index (χ1n) is 5.72. The van der Waals surface area contributed by atoms with Crippen molar-refractivity contribution in [3.8, 4) is 0 Å². The van der Waals surface area contributed by atoms with Crippen molar-refractivity contribution in [2.45, 2.75) is 25.9 Å². The summed E-state index contributed by atoms with van der Waals surface area (Å²) in [6.45, 7) is 3.47. The maximum Gasteiger partial charge on any atom is 0.123 e. The molecule has 1 aliphatic rings. The first-order chi connectivity index (χ1) is 7.66. The largest absolute Gasteiger partial charge is 0.378 e. The van der Waals surface area contributed by atoms with Crippen LogP contribution in [-0.2, 0) is 11.2 Å². The Kier molecular flexibility index (Phi) is 3.26. The fourth-order valence-electron chi connectivity index (χ4n) is 2.40. The van der Waals surface area contributed by atoms with Crippen LogP contribution < -0.4 is 5.73 Å². The molecule has 0 amide bonds. The van der Waals surface area contributed by atoms with E-state index in [4.69, 9.17) is 10.5 Å². The molecule has 2 N–H and O–H groups in total. The van der Waals surface area contributed by atoms with Gasteiger partial charge in [-0.3, -0.25) is 0 Å². The van der Waals surface area contributed by atoms with Gasteiger partial charge in [-0.1, -0.05) is 12.1 Å². The molecule has 1 heterocycles. The molecule has 0 aliphatic carbocycles. The van der Waals surface area contributed by atoms with E-state index >= 15 is 0 Å². The molecule has 3 heteroatoms. The van der Waals surface area contributed by atoms with E-state index in [9.17, 15) is 4.39 Å². The lowest BCUT2D eigenvalue weighted by molar-refractivity contribution is 0.0673. The quantitative estimate of drug-likeness (QED) is 0.852. The highest BCUT2D eigenvalue weighted by atomic mass is 19.1. The molecule has 88 valence electrons. The number of rotatable bonds is 3. The van der Waals surface area contributed by atoms with Crippen molar-refractivity contribution in [3.63, 3.8) is 0 Å². The van der Waals surface area contributed by atoms with Gasteiger partial charge in [0.05, 0.1) is 6.10 Å². The second-order valence-electron chi connectivity index (χ2n) is 4.63. The monoisotopic (exact) mass is 223 g/mol. The second-order valence-corrected chi connectivity index (χ2v) is 4.63. The molecule has 1 aliphatic heterocycles. The van der Waals surface area contributed by atoms with E-state index in [1.165, 1.54) is 12.1 Å². The van der Waals surface area contributed by atoms with Gasteiger partial charge in [0.25, 0.3) is 0 Å². The molecule has 1 aromatic carbocycles. The Labute approximate surface area is 95.6 Å². The van der Waals surface area contributed by atoms with E-state index in [1.807, 2.05) is 12.1 Å². The highest BCUT2D eigenvalue weighted by Gasteiger charge is 2.40. The SMILES string of the molecule is CC1OCCC1(CN)Cc1ccc(F)cc1. The van der Waals surface area contributed by atoms with E-state index in [0.29, 0.717) is 6.54 Å². The molecule has 0 spiro atoms. The van der Waals surface area contributed by atoms with Crippen LogP contribution in [0.2, 0.25) is 0 Å². The molecule has 1 fully saturated rings. The third-order valence-electron chi connectivity index (χ3n) is 3.71. The third kappa shape index (κ3) is 2.11. The van der Waals surface area contributed by atoms with Gasteiger partial charge in [-0.2, -0.15) is 0 Å². The molecule has 1 saturated heterocycles. The first-order valence-corrected chi connectivity index (χ1v) is 5.72. The fourth-order valence-corrected chi connectivity index (χ4v) is 2.40. The minimum Gasteiger partial charge on any atom is -0.378 e. The molecular formula is C13H18FNO. The van der Waals surface area contributed by atoms with Crippen LogP contribution in [0.25, 0.3) is 0 Å².